The molecule has 8 heteroatoms. The maximum absolute atomic E-state index is 12.6. The van der Waals surface area contributed by atoms with Gasteiger partial charge in [0.15, 0.2) is 11.5 Å². The predicted octanol–water partition coefficient (Wildman–Crippen LogP) is 2.62. The highest BCUT2D eigenvalue weighted by molar-refractivity contribution is 6.22. The van der Waals surface area contributed by atoms with Crippen LogP contribution < -0.4 is 14.8 Å². The lowest BCUT2D eigenvalue weighted by atomic mass is 10.0. The molecule has 0 fully saturated rings. The Bertz CT molecular complexity index is 1030. The van der Waals surface area contributed by atoms with Crippen molar-refractivity contribution >= 4 is 17.7 Å². The topological polar surface area (TPSA) is 94.2 Å². The Hall–Kier alpha value is -3.39. The summed E-state index contributed by atoms with van der Waals surface area (Å²) in [4.78, 5) is 39.0. The van der Waals surface area contributed by atoms with Crippen LogP contribution in [-0.4, -0.2) is 63.6 Å². The van der Waals surface area contributed by atoms with Gasteiger partial charge in [-0.15, -0.1) is 0 Å². The van der Waals surface area contributed by atoms with Gasteiger partial charge in [0.25, 0.3) is 17.7 Å². The molecule has 1 heterocycles. The molecule has 0 saturated carbocycles. The Kier molecular flexibility index (Phi) is 7.48. The number of nitrogens with zero attached hydrogens (tertiary/aromatic N) is 1. The molecular weight excluding hydrogens is 412 g/mol. The van der Waals surface area contributed by atoms with Crippen molar-refractivity contribution in [1.82, 2.24) is 10.2 Å². The van der Waals surface area contributed by atoms with E-state index in [-0.39, 0.29) is 29.8 Å². The smallest absolute Gasteiger partial charge is 0.261 e. The molecule has 170 valence electrons. The first-order valence-electron chi connectivity index (χ1n) is 10.4. The second-order valence-electron chi connectivity index (χ2n) is 7.51. The number of carbonyl (C=O) groups excluding carboxylic acids is 3. The number of carbonyl (C=O) groups is 3. The van der Waals surface area contributed by atoms with Crippen molar-refractivity contribution in [2.24, 2.45) is 0 Å². The van der Waals surface area contributed by atoms with E-state index < -0.39 is 0 Å². The number of hydrogen-bond acceptors (Lipinski definition) is 6. The summed E-state index contributed by atoms with van der Waals surface area (Å²) in [6, 6.07) is 8.40. The second-order valence-corrected chi connectivity index (χ2v) is 7.51. The van der Waals surface area contributed by atoms with E-state index in [2.05, 4.69) is 5.32 Å². The third-order valence-electron chi connectivity index (χ3n) is 5.49. The van der Waals surface area contributed by atoms with Crippen molar-refractivity contribution in [3.63, 3.8) is 0 Å². The maximum Gasteiger partial charge on any atom is 0.261 e. The van der Waals surface area contributed by atoms with E-state index in [1.165, 1.54) is 11.0 Å². The number of hydrogen-bond donors (Lipinski definition) is 1. The van der Waals surface area contributed by atoms with Crippen LogP contribution in [-0.2, 0) is 11.2 Å². The zero-order valence-electron chi connectivity index (χ0n) is 18.8. The van der Waals surface area contributed by atoms with Gasteiger partial charge in [-0.05, 0) is 61.2 Å². The summed E-state index contributed by atoms with van der Waals surface area (Å²) < 4.78 is 15.6. The van der Waals surface area contributed by atoms with Crippen LogP contribution >= 0.6 is 0 Å². The highest BCUT2D eigenvalue weighted by Crippen LogP contribution is 2.30. The summed E-state index contributed by atoms with van der Waals surface area (Å²) >= 11 is 0. The first kappa shape index (κ1) is 23.3. The van der Waals surface area contributed by atoms with Gasteiger partial charge in [0.05, 0.1) is 25.3 Å². The average Bonchev–Trinajstić information content (AvgIpc) is 3.04. The minimum absolute atomic E-state index is 0.260. The third kappa shape index (κ3) is 4.75. The van der Waals surface area contributed by atoms with Crippen LogP contribution in [0.2, 0.25) is 0 Å². The molecule has 0 bridgehead atoms. The Morgan fingerprint density at radius 1 is 0.969 bits per heavy atom. The summed E-state index contributed by atoms with van der Waals surface area (Å²) in [5, 5.41) is 2.87. The molecule has 8 nitrogen and oxygen atoms in total. The van der Waals surface area contributed by atoms with Crippen LogP contribution in [0.5, 0.6) is 11.5 Å². The third-order valence-corrected chi connectivity index (χ3v) is 5.49. The largest absolute Gasteiger partial charge is 0.493 e. The van der Waals surface area contributed by atoms with Gasteiger partial charge in [-0.1, -0.05) is 0 Å². The molecule has 0 radical (unpaired) electrons. The first-order chi connectivity index (χ1) is 15.4. The highest BCUT2D eigenvalue weighted by atomic mass is 16.5. The molecule has 32 heavy (non-hydrogen) atoms. The molecule has 2 aromatic rings. The molecule has 1 aliphatic rings. The van der Waals surface area contributed by atoms with Crippen molar-refractivity contribution in [3.05, 3.63) is 58.1 Å². The van der Waals surface area contributed by atoms with Crippen molar-refractivity contribution in [3.8, 4) is 11.5 Å². The molecule has 0 atom stereocenters. The molecule has 0 saturated heterocycles. The highest BCUT2D eigenvalue weighted by Gasteiger charge is 2.35. The van der Waals surface area contributed by atoms with Crippen LogP contribution in [0, 0.1) is 6.92 Å². The SMILES string of the molecule is COCCCN1C(=O)c2ccc(C(=O)NCCc3cc(OC)c(OC)cc3C)cc2C1=O. The van der Waals surface area contributed by atoms with Crippen molar-refractivity contribution < 1.29 is 28.6 Å². The van der Waals surface area contributed by atoms with Crippen molar-refractivity contribution in [1.29, 1.82) is 0 Å². The zero-order valence-corrected chi connectivity index (χ0v) is 18.8. The van der Waals surface area contributed by atoms with Crippen LogP contribution in [0.1, 0.15) is 48.6 Å². The van der Waals surface area contributed by atoms with Crippen molar-refractivity contribution in [2.75, 3.05) is 41.0 Å². The lowest BCUT2D eigenvalue weighted by Crippen LogP contribution is -2.31. The molecule has 1 aliphatic heterocycles. The Labute approximate surface area is 187 Å². The standard InChI is InChI=1S/C24H28N2O6/c1-15-12-20(31-3)21(32-4)14-16(15)8-9-25-22(27)17-6-7-18-19(13-17)24(29)26(23(18)28)10-5-11-30-2/h6-7,12-14H,5,8-11H2,1-4H3,(H,25,27). The van der Waals surface area contributed by atoms with Gasteiger partial charge in [-0.3, -0.25) is 19.3 Å². The fourth-order valence-corrected chi connectivity index (χ4v) is 3.71. The molecule has 0 aliphatic carbocycles. The average molecular weight is 440 g/mol. The van der Waals surface area contributed by atoms with Gasteiger partial charge >= 0.3 is 0 Å². The Morgan fingerprint density at radius 3 is 2.34 bits per heavy atom. The molecular formula is C24H28N2O6. The first-order valence-corrected chi connectivity index (χ1v) is 10.4. The van der Waals surface area contributed by atoms with Gasteiger partial charge in [0, 0.05) is 32.4 Å². The van der Waals surface area contributed by atoms with Gasteiger partial charge in [-0.25, -0.2) is 0 Å². The van der Waals surface area contributed by atoms with Crippen LogP contribution in [0.15, 0.2) is 30.3 Å². The molecule has 0 aromatic heterocycles. The van der Waals surface area contributed by atoms with Crippen LogP contribution in [0.25, 0.3) is 0 Å². The summed E-state index contributed by atoms with van der Waals surface area (Å²) in [7, 11) is 4.74. The Morgan fingerprint density at radius 2 is 1.66 bits per heavy atom. The van der Waals surface area contributed by atoms with E-state index in [0.29, 0.717) is 48.6 Å². The van der Waals surface area contributed by atoms with E-state index in [1.54, 1.807) is 33.5 Å². The molecule has 1 N–H and O–H groups in total. The lowest BCUT2D eigenvalue weighted by molar-refractivity contribution is 0.0638. The summed E-state index contributed by atoms with van der Waals surface area (Å²) in [5.74, 6) is 0.278. The molecule has 0 unspecified atom stereocenters. The van der Waals surface area contributed by atoms with E-state index in [4.69, 9.17) is 14.2 Å². The minimum atomic E-state index is -0.378. The summed E-state index contributed by atoms with van der Waals surface area (Å²) in [5.41, 5.74) is 2.99. The Balaban J connectivity index is 1.64. The number of rotatable bonds is 10. The normalized spacial score (nSPS) is 12.7. The number of aryl methyl sites for hydroxylation is 1. The predicted molar refractivity (Wildman–Crippen MR) is 119 cm³/mol. The van der Waals surface area contributed by atoms with Gasteiger partial charge < -0.3 is 19.5 Å². The number of nitrogens with one attached hydrogen (secondary N) is 1. The van der Waals surface area contributed by atoms with Crippen LogP contribution in [0.3, 0.4) is 0 Å². The number of ether oxygens (including phenoxy) is 3. The fourth-order valence-electron chi connectivity index (χ4n) is 3.71. The number of methoxy groups -OCH3 is 3. The van der Waals surface area contributed by atoms with E-state index in [0.717, 1.165) is 11.1 Å². The number of imide groups is 1. The van der Waals surface area contributed by atoms with Gasteiger partial charge in [0.1, 0.15) is 0 Å². The van der Waals surface area contributed by atoms with Gasteiger partial charge in [-0.2, -0.15) is 0 Å². The maximum atomic E-state index is 12.6. The molecule has 2 aromatic carbocycles. The monoisotopic (exact) mass is 440 g/mol. The van der Waals surface area contributed by atoms with E-state index >= 15 is 0 Å². The lowest BCUT2D eigenvalue weighted by Gasteiger charge is -2.13. The summed E-state index contributed by atoms with van der Waals surface area (Å²) in [6.07, 6.45) is 1.17. The number of amides is 3. The second kappa shape index (κ2) is 10.3. The number of fused-ring (bicyclic) bond motifs is 1. The molecule has 0 spiro atoms. The van der Waals surface area contributed by atoms with E-state index in [9.17, 15) is 14.4 Å². The quantitative estimate of drug-likeness (QED) is 0.451. The van der Waals surface area contributed by atoms with Crippen molar-refractivity contribution in [2.45, 2.75) is 19.8 Å². The summed E-state index contributed by atoms with van der Waals surface area (Å²) in [6.45, 7) is 3.12. The van der Waals surface area contributed by atoms with Crippen LogP contribution in [0.4, 0.5) is 0 Å². The zero-order chi connectivity index (χ0) is 23.3. The van der Waals surface area contributed by atoms with E-state index in [1.807, 2.05) is 19.1 Å². The number of benzene rings is 2. The fraction of sp³-hybridized carbons (Fsp3) is 0.375. The molecule has 3 rings (SSSR count). The van der Waals surface area contributed by atoms with Gasteiger partial charge in [0.2, 0.25) is 0 Å². The molecule has 3 amide bonds. The minimum Gasteiger partial charge on any atom is -0.493 e.